The van der Waals surface area contributed by atoms with E-state index >= 15 is 0 Å². The topological polar surface area (TPSA) is 105 Å². The highest BCUT2D eigenvalue weighted by Gasteiger charge is 2.35. The number of likely N-dealkylation sites (tertiary alicyclic amines) is 1. The van der Waals surface area contributed by atoms with Gasteiger partial charge in [-0.25, -0.2) is 4.79 Å². The van der Waals surface area contributed by atoms with Gasteiger partial charge >= 0.3 is 12.1 Å². The fraction of sp³-hybridized carbons (Fsp3) is 0.444. The van der Waals surface area contributed by atoms with Crippen molar-refractivity contribution in [3.63, 3.8) is 0 Å². The molecule has 0 aromatic heterocycles. The second-order valence-corrected chi connectivity index (χ2v) is 9.23. The number of ether oxygens (including phenoxy) is 2. The molecule has 0 spiro atoms. The van der Waals surface area contributed by atoms with Gasteiger partial charge in [-0.2, -0.15) is 0 Å². The van der Waals surface area contributed by atoms with Gasteiger partial charge in [0, 0.05) is 32.0 Å². The van der Waals surface area contributed by atoms with E-state index in [0.29, 0.717) is 6.54 Å². The molecule has 1 fully saturated rings. The molecular formula is C27H32N2O6. The van der Waals surface area contributed by atoms with Crippen LogP contribution in [0.1, 0.15) is 49.7 Å². The van der Waals surface area contributed by atoms with Crippen molar-refractivity contribution in [2.45, 2.75) is 56.7 Å². The Labute approximate surface area is 205 Å². The molecule has 3 unspecified atom stereocenters. The van der Waals surface area contributed by atoms with Gasteiger partial charge in [-0.05, 0) is 48.4 Å². The van der Waals surface area contributed by atoms with Gasteiger partial charge in [-0.3, -0.25) is 9.59 Å². The minimum Gasteiger partial charge on any atom is -0.481 e. The first-order valence-corrected chi connectivity index (χ1v) is 12.1. The Bertz CT molecular complexity index is 1040. The number of nitrogens with zero attached hydrogens (tertiary/aromatic N) is 1. The van der Waals surface area contributed by atoms with E-state index in [1.54, 1.807) is 12.0 Å². The molecule has 186 valence electrons. The van der Waals surface area contributed by atoms with E-state index in [9.17, 15) is 14.4 Å². The van der Waals surface area contributed by atoms with Crippen LogP contribution in [0, 0.1) is 0 Å². The minimum atomic E-state index is -1.03. The minimum absolute atomic E-state index is 0.0147. The van der Waals surface area contributed by atoms with E-state index in [1.165, 1.54) is 0 Å². The van der Waals surface area contributed by atoms with Crippen LogP contribution in [-0.4, -0.2) is 66.4 Å². The Hall–Kier alpha value is -3.39. The number of hydrogen-bond donors (Lipinski definition) is 2. The summed E-state index contributed by atoms with van der Waals surface area (Å²) in [6.45, 7) is 2.48. The average Bonchev–Trinajstić information content (AvgIpc) is 3.18. The number of hydrogen-bond acceptors (Lipinski definition) is 5. The van der Waals surface area contributed by atoms with E-state index in [4.69, 9.17) is 14.6 Å². The summed E-state index contributed by atoms with van der Waals surface area (Å²) in [5, 5.41) is 11.8. The first-order valence-electron chi connectivity index (χ1n) is 12.1. The summed E-state index contributed by atoms with van der Waals surface area (Å²) >= 11 is 0. The van der Waals surface area contributed by atoms with Crippen molar-refractivity contribution in [3.8, 4) is 11.1 Å². The number of carboxylic acids is 1. The summed E-state index contributed by atoms with van der Waals surface area (Å²) in [4.78, 5) is 39.0. The molecule has 2 amide bonds. The zero-order chi connectivity index (χ0) is 24.9. The summed E-state index contributed by atoms with van der Waals surface area (Å²) in [5.74, 6) is -1.45. The third kappa shape index (κ3) is 5.48. The van der Waals surface area contributed by atoms with Crippen molar-refractivity contribution in [2.75, 3.05) is 20.3 Å². The zero-order valence-electron chi connectivity index (χ0n) is 20.1. The summed E-state index contributed by atoms with van der Waals surface area (Å²) < 4.78 is 11.0. The maximum absolute atomic E-state index is 13.3. The number of rotatable bonds is 8. The van der Waals surface area contributed by atoms with E-state index in [1.807, 2.05) is 43.3 Å². The van der Waals surface area contributed by atoms with Crippen LogP contribution in [0.25, 0.3) is 11.1 Å². The lowest BCUT2D eigenvalue weighted by Crippen LogP contribution is -2.55. The molecule has 8 nitrogen and oxygen atoms in total. The van der Waals surface area contributed by atoms with Gasteiger partial charge in [-0.15, -0.1) is 0 Å². The number of alkyl carbamates (subject to hydrolysis) is 1. The molecular weight excluding hydrogens is 448 g/mol. The molecule has 1 saturated heterocycles. The molecule has 0 radical (unpaired) electrons. The molecule has 8 heteroatoms. The molecule has 2 aliphatic rings. The van der Waals surface area contributed by atoms with Crippen molar-refractivity contribution in [1.29, 1.82) is 0 Å². The molecule has 1 heterocycles. The van der Waals surface area contributed by atoms with Crippen LogP contribution in [-0.2, 0) is 19.1 Å². The quantitative estimate of drug-likeness (QED) is 0.596. The SMILES string of the molecule is COC1CCC(C)N(C(=O)C(CCC(=O)O)NC(=O)OCC2c3ccccc3-c3ccccc32)C1. The van der Waals surface area contributed by atoms with Crippen molar-refractivity contribution < 1.29 is 29.0 Å². The number of carboxylic acid groups (broad SMARTS) is 1. The van der Waals surface area contributed by atoms with Crippen LogP contribution in [0.3, 0.4) is 0 Å². The van der Waals surface area contributed by atoms with Crippen LogP contribution >= 0.6 is 0 Å². The van der Waals surface area contributed by atoms with Crippen LogP contribution in [0.15, 0.2) is 48.5 Å². The van der Waals surface area contributed by atoms with Crippen LogP contribution in [0.5, 0.6) is 0 Å². The second-order valence-electron chi connectivity index (χ2n) is 9.23. The Morgan fingerprint density at radius 2 is 1.69 bits per heavy atom. The molecule has 2 aromatic rings. The van der Waals surface area contributed by atoms with E-state index in [-0.39, 0.29) is 43.4 Å². The van der Waals surface area contributed by atoms with Crippen molar-refractivity contribution >= 4 is 18.0 Å². The molecule has 1 aliphatic heterocycles. The lowest BCUT2D eigenvalue weighted by molar-refractivity contribution is -0.141. The number of fused-ring (bicyclic) bond motifs is 3. The third-order valence-electron chi connectivity index (χ3n) is 7.04. The first kappa shape index (κ1) is 24.7. The second kappa shape index (κ2) is 10.9. The summed E-state index contributed by atoms with van der Waals surface area (Å²) in [6.07, 6.45) is 0.560. The highest BCUT2D eigenvalue weighted by atomic mass is 16.5. The van der Waals surface area contributed by atoms with Crippen LogP contribution in [0.2, 0.25) is 0 Å². The largest absolute Gasteiger partial charge is 0.481 e. The number of carbonyl (C=O) groups is 3. The van der Waals surface area contributed by atoms with Gasteiger partial charge in [0.15, 0.2) is 0 Å². The monoisotopic (exact) mass is 480 g/mol. The van der Waals surface area contributed by atoms with Crippen molar-refractivity contribution in [2.24, 2.45) is 0 Å². The lowest BCUT2D eigenvalue weighted by atomic mass is 9.98. The summed E-state index contributed by atoms with van der Waals surface area (Å²) in [7, 11) is 1.61. The van der Waals surface area contributed by atoms with Crippen LogP contribution in [0.4, 0.5) is 4.79 Å². The van der Waals surface area contributed by atoms with Crippen LogP contribution < -0.4 is 5.32 Å². The number of amides is 2. The molecule has 35 heavy (non-hydrogen) atoms. The summed E-state index contributed by atoms with van der Waals surface area (Å²) in [5.41, 5.74) is 4.43. The summed E-state index contributed by atoms with van der Waals surface area (Å²) in [6, 6.07) is 15.1. The molecule has 0 bridgehead atoms. The smallest absolute Gasteiger partial charge is 0.407 e. The number of nitrogens with one attached hydrogen (secondary N) is 1. The maximum atomic E-state index is 13.3. The molecule has 4 rings (SSSR count). The standard InChI is InChI=1S/C27H32N2O6/c1-17-11-12-18(34-2)15-29(17)26(32)24(13-14-25(30)31)28-27(33)35-16-23-21-9-5-3-7-19(21)20-8-4-6-10-22(20)23/h3-10,17-18,23-24H,11-16H2,1-2H3,(H,28,33)(H,30,31). The average molecular weight is 481 g/mol. The highest BCUT2D eigenvalue weighted by Crippen LogP contribution is 2.44. The normalized spacial score (nSPS) is 20.0. The third-order valence-corrected chi connectivity index (χ3v) is 7.04. The number of aliphatic carboxylic acids is 1. The fourth-order valence-electron chi connectivity index (χ4n) is 5.08. The van der Waals surface area contributed by atoms with Gasteiger partial charge in [0.05, 0.1) is 6.10 Å². The Morgan fingerprint density at radius 1 is 1.06 bits per heavy atom. The lowest BCUT2D eigenvalue weighted by Gasteiger charge is -2.39. The zero-order valence-corrected chi connectivity index (χ0v) is 20.1. The first-order chi connectivity index (χ1) is 16.9. The van der Waals surface area contributed by atoms with E-state index in [2.05, 4.69) is 17.4 Å². The van der Waals surface area contributed by atoms with Gasteiger partial charge in [0.1, 0.15) is 12.6 Å². The number of piperidine rings is 1. The van der Waals surface area contributed by atoms with Gasteiger partial charge < -0.3 is 24.8 Å². The fourth-order valence-corrected chi connectivity index (χ4v) is 5.08. The van der Waals surface area contributed by atoms with Gasteiger partial charge in [0.2, 0.25) is 5.91 Å². The van der Waals surface area contributed by atoms with E-state index in [0.717, 1.165) is 35.1 Å². The maximum Gasteiger partial charge on any atom is 0.407 e. The van der Waals surface area contributed by atoms with Gasteiger partial charge in [0.25, 0.3) is 0 Å². The Balaban J connectivity index is 1.44. The number of carbonyl (C=O) groups excluding carboxylic acids is 2. The molecule has 2 N–H and O–H groups in total. The predicted molar refractivity (Wildman–Crippen MR) is 130 cm³/mol. The number of methoxy groups -OCH3 is 1. The Morgan fingerprint density at radius 3 is 2.29 bits per heavy atom. The number of benzene rings is 2. The Kier molecular flexibility index (Phi) is 7.70. The highest BCUT2D eigenvalue weighted by molar-refractivity contribution is 5.86. The van der Waals surface area contributed by atoms with Gasteiger partial charge in [-0.1, -0.05) is 48.5 Å². The van der Waals surface area contributed by atoms with E-state index < -0.39 is 18.1 Å². The molecule has 0 saturated carbocycles. The molecule has 3 atom stereocenters. The predicted octanol–water partition coefficient (Wildman–Crippen LogP) is 3.78. The van der Waals surface area contributed by atoms with Crippen molar-refractivity contribution in [1.82, 2.24) is 10.2 Å². The molecule has 1 aliphatic carbocycles. The van der Waals surface area contributed by atoms with Crippen molar-refractivity contribution in [3.05, 3.63) is 59.7 Å². The molecule has 2 aromatic carbocycles.